The van der Waals surface area contributed by atoms with Gasteiger partial charge in [-0.1, -0.05) is 38.5 Å². The van der Waals surface area contributed by atoms with Gasteiger partial charge in [0.05, 0.1) is 0 Å². The molecule has 0 spiro atoms. The molecule has 5 heteroatoms. The lowest BCUT2D eigenvalue weighted by atomic mass is 9.91. The van der Waals surface area contributed by atoms with E-state index in [4.69, 9.17) is 5.21 Å². The zero-order chi connectivity index (χ0) is 15.1. The first-order valence-electron chi connectivity index (χ1n) is 8.47. The van der Waals surface area contributed by atoms with Crippen LogP contribution in [0.3, 0.4) is 0 Å². The highest BCUT2D eigenvalue weighted by Crippen LogP contribution is 2.22. The molecule has 3 rings (SSSR count). The number of amides is 2. The zero-order valence-corrected chi connectivity index (χ0v) is 12.9. The summed E-state index contributed by atoms with van der Waals surface area (Å²) in [4.78, 5) is 20.5. The molecule has 2 amide bonds. The summed E-state index contributed by atoms with van der Waals surface area (Å²) in [6.07, 6.45) is 14.9. The molecule has 2 aliphatic carbocycles. The molecule has 21 heavy (non-hydrogen) atoms. The fourth-order valence-electron chi connectivity index (χ4n) is 3.44. The minimum absolute atomic E-state index is 0.148. The molecule has 0 aromatic rings. The Morgan fingerprint density at radius 1 is 0.762 bits per heavy atom. The van der Waals surface area contributed by atoms with Crippen molar-refractivity contribution in [3.8, 4) is 0 Å². The molecule has 0 atom stereocenters. The first-order valence-corrected chi connectivity index (χ1v) is 8.47. The number of nitrogens with zero attached hydrogens (tertiary/aromatic N) is 1. The SMILES string of the molecule is C1CCC(NC2CCCCC2)CC1.O=C1CCC(=O)N1O. The van der Waals surface area contributed by atoms with Gasteiger partial charge in [-0.05, 0) is 25.7 Å². The number of imide groups is 1. The minimum Gasteiger partial charge on any atom is -0.311 e. The fourth-order valence-corrected chi connectivity index (χ4v) is 3.44. The van der Waals surface area contributed by atoms with Gasteiger partial charge in [-0.15, -0.1) is 0 Å². The maximum absolute atomic E-state index is 10.2. The van der Waals surface area contributed by atoms with E-state index < -0.39 is 11.8 Å². The Labute approximate surface area is 127 Å². The number of hydrogen-bond donors (Lipinski definition) is 2. The first-order chi connectivity index (χ1) is 10.2. The normalized spacial score (nSPS) is 24.9. The van der Waals surface area contributed by atoms with Gasteiger partial charge in [0.25, 0.3) is 11.8 Å². The van der Waals surface area contributed by atoms with Crippen LogP contribution >= 0.6 is 0 Å². The van der Waals surface area contributed by atoms with Gasteiger partial charge < -0.3 is 5.32 Å². The molecule has 3 fully saturated rings. The lowest BCUT2D eigenvalue weighted by Gasteiger charge is -2.30. The van der Waals surface area contributed by atoms with Crippen LogP contribution in [0, 0.1) is 0 Å². The second kappa shape index (κ2) is 8.49. The Balaban J connectivity index is 0.000000173. The van der Waals surface area contributed by atoms with Gasteiger partial charge in [0.1, 0.15) is 0 Å². The number of carbonyl (C=O) groups excluding carboxylic acids is 2. The van der Waals surface area contributed by atoms with E-state index in [2.05, 4.69) is 5.32 Å². The van der Waals surface area contributed by atoms with E-state index in [1.165, 1.54) is 64.2 Å². The summed E-state index contributed by atoms with van der Waals surface area (Å²) in [5, 5.41) is 12.4. The van der Waals surface area contributed by atoms with Gasteiger partial charge >= 0.3 is 0 Å². The van der Waals surface area contributed by atoms with Crippen molar-refractivity contribution in [1.82, 2.24) is 10.4 Å². The fraction of sp³-hybridized carbons (Fsp3) is 0.875. The van der Waals surface area contributed by atoms with E-state index >= 15 is 0 Å². The van der Waals surface area contributed by atoms with Gasteiger partial charge in [0.2, 0.25) is 0 Å². The van der Waals surface area contributed by atoms with Crippen LogP contribution in [0.15, 0.2) is 0 Å². The maximum Gasteiger partial charge on any atom is 0.253 e. The summed E-state index contributed by atoms with van der Waals surface area (Å²) in [6.45, 7) is 0. The lowest BCUT2D eigenvalue weighted by molar-refractivity contribution is -0.171. The Kier molecular flexibility index (Phi) is 6.64. The lowest BCUT2D eigenvalue weighted by Crippen LogP contribution is -2.40. The van der Waals surface area contributed by atoms with Crippen molar-refractivity contribution < 1.29 is 14.8 Å². The van der Waals surface area contributed by atoms with Crippen molar-refractivity contribution in [2.75, 3.05) is 0 Å². The van der Waals surface area contributed by atoms with Gasteiger partial charge in [0, 0.05) is 24.9 Å². The van der Waals surface area contributed by atoms with Crippen molar-refractivity contribution in [2.45, 2.75) is 89.1 Å². The number of carbonyl (C=O) groups is 2. The van der Waals surface area contributed by atoms with E-state index in [0.29, 0.717) is 0 Å². The molecule has 120 valence electrons. The van der Waals surface area contributed by atoms with Crippen molar-refractivity contribution in [2.24, 2.45) is 0 Å². The van der Waals surface area contributed by atoms with Crippen LogP contribution in [0.1, 0.15) is 77.0 Å². The number of hydroxylamine groups is 2. The third kappa shape index (κ3) is 5.40. The maximum atomic E-state index is 10.2. The molecule has 0 aromatic carbocycles. The van der Waals surface area contributed by atoms with Crippen LogP contribution in [0.25, 0.3) is 0 Å². The highest BCUT2D eigenvalue weighted by molar-refractivity contribution is 6.00. The molecule has 1 aliphatic heterocycles. The van der Waals surface area contributed by atoms with E-state index in [-0.39, 0.29) is 17.9 Å². The standard InChI is InChI=1S/C12H23N.C4H5NO3/c1-3-7-11(8-4-1)13-12-9-5-2-6-10-12;6-3-1-2-4(7)5(3)8/h11-13H,1-10H2;8H,1-2H2. The van der Waals surface area contributed by atoms with Crippen molar-refractivity contribution in [3.63, 3.8) is 0 Å². The smallest absolute Gasteiger partial charge is 0.253 e. The number of nitrogens with one attached hydrogen (secondary N) is 1. The predicted molar refractivity (Wildman–Crippen MR) is 79.8 cm³/mol. The Morgan fingerprint density at radius 3 is 1.43 bits per heavy atom. The van der Waals surface area contributed by atoms with Crippen molar-refractivity contribution in [3.05, 3.63) is 0 Å². The second-order valence-electron chi connectivity index (χ2n) is 6.44. The van der Waals surface area contributed by atoms with Crippen LogP contribution in [-0.4, -0.2) is 34.2 Å². The highest BCUT2D eigenvalue weighted by Gasteiger charge is 2.26. The summed E-state index contributed by atoms with van der Waals surface area (Å²) in [7, 11) is 0. The van der Waals surface area contributed by atoms with Crippen LogP contribution < -0.4 is 5.32 Å². The molecule has 1 heterocycles. The van der Waals surface area contributed by atoms with E-state index in [9.17, 15) is 9.59 Å². The van der Waals surface area contributed by atoms with E-state index in [0.717, 1.165) is 12.1 Å². The van der Waals surface area contributed by atoms with Gasteiger partial charge in [-0.25, -0.2) is 0 Å². The molecular weight excluding hydrogens is 268 g/mol. The molecule has 0 radical (unpaired) electrons. The molecule has 0 bridgehead atoms. The molecule has 2 N–H and O–H groups in total. The van der Waals surface area contributed by atoms with Crippen LogP contribution in [0.4, 0.5) is 0 Å². The van der Waals surface area contributed by atoms with E-state index in [1.54, 1.807) is 0 Å². The van der Waals surface area contributed by atoms with Gasteiger partial charge in [0.15, 0.2) is 0 Å². The van der Waals surface area contributed by atoms with Crippen LogP contribution in [0.2, 0.25) is 0 Å². The number of hydrogen-bond acceptors (Lipinski definition) is 4. The van der Waals surface area contributed by atoms with Crippen molar-refractivity contribution in [1.29, 1.82) is 0 Å². The largest absolute Gasteiger partial charge is 0.311 e. The summed E-state index contributed by atoms with van der Waals surface area (Å²) >= 11 is 0. The molecule has 0 unspecified atom stereocenters. The minimum atomic E-state index is -0.505. The Bertz CT molecular complexity index is 315. The molecule has 5 nitrogen and oxygen atoms in total. The molecule has 0 aromatic heterocycles. The molecule has 1 saturated heterocycles. The monoisotopic (exact) mass is 296 g/mol. The summed E-state index contributed by atoms with van der Waals surface area (Å²) in [5.74, 6) is -1.01. The third-order valence-corrected chi connectivity index (χ3v) is 4.71. The van der Waals surface area contributed by atoms with Gasteiger partial charge in [-0.2, -0.15) is 5.06 Å². The average Bonchev–Trinajstić information content (AvgIpc) is 2.81. The summed E-state index contributed by atoms with van der Waals surface area (Å²) in [5.41, 5.74) is 0. The quantitative estimate of drug-likeness (QED) is 0.607. The zero-order valence-electron chi connectivity index (χ0n) is 12.9. The third-order valence-electron chi connectivity index (χ3n) is 4.71. The van der Waals surface area contributed by atoms with Crippen molar-refractivity contribution >= 4 is 11.8 Å². The Hall–Kier alpha value is -0.940. The van der Waals surface area contributed by atoms with Crippen LogP contribution in [-0.2, 0) is 9.59 Å². The van der Waals surface area contributed by atoms with E-state index in [1.807, 2.05) is 0 Å². The average molecular weight is 296 g/mol. The number of rotatable bonds is 2. The molecule has 2 saturated carbocycles. The van der Waals surface area contributed by atoms with Gasteiger partial charge in [-0.3, -0.25) is 14.8 Å². The summed E-state index contributed by atoms with van der Waals surface area (Å²) < 4.78 is 0. The molecular formula is C16H28N2O3. The highest BCUT2D eigenvalue weighted by atomic mass is 16.5. The first kappa shape index (κ1) is 16.4. The second-order valence-corrected chi connectivity index (χ2v) is 6.44. The van der Waals surface area contributed by atoms with Crippen LogP contribution in [0.5, 0.6) is 0 Å². The summed E-state index contributed by atoms with van der Waals surface area (Å²) in [6, 6.07) is 1.74. The predicted octanol–water partition coefficient (Wildman–Crippen LogP) is 2.77. The topological polar surface area (TPSA) is 69.6 Å². The Morgan fingerprint density at radius 2 is 1.14 bits per heavy atom. The molecule has 3 aliphatic rings.